The zero-order chi connectivity index (χ0) is 19.5. The van der Waals surface area contributed by atoms with Crippen molar-refractivity contribution in [3.63, 3.8) is 0 Å². The van der Waals surface area contributed by atoms with Gasteiger partial charge in [-0.3, -0.25) is 4.79 Å². The SMILES string of the molecule is O=C(CC1Cc2ccccc2C1)NC(CN1CCC1)C(O)c1cccc(Cl)c1. The smallest absolute Gasteiger partial charge is 0.220 e. The van der Waals surface area contributed by atoms with Crippen LogP contribution in [0.5, 0.6) is 0 Å². The quantitative estimate of drug-likeness (QED) is 0.751. The maximum absolute atomic E-state index is 12.8. The van der Waals surface area contributed by atoms with Gasteiger partial charge >= 0.3 is 0 Å². The second-order valence-corrected chi connectivity index (χ2v) is 8.51. The number of fused-ring (bicyclic) bond motifs is 1. The summed E-state index contributed by atoms with van der Waals surface area (Å²) >= 11 is 6.09. The summed E-state index contributed by atoms with van der Waals surface area (Å²) in [4.78, 5) is 15.1. The van der Waals surface area contributed by atoms with E-state index in [1.165, 1.54) is 17.5 Å². The summed E-state index contributed by atoms with van der Waals surface area (Å²) < 4.78 is 0. The third kappa shape index (κ3) is 4.57. The van der Waals surface area contributed by atoms with E-state index in [-0.39, 0.29) is 11.9 Å². The lowest BCUT2D eigenvalue weighted by molar-refractivity contribution is -0.123. The minimum Gasteiger partial charge on any atom is -0.386 e. The van der Waals surface area contributed by atoms with E-state index in [1.807, 2.05) is 12.1 Å². The Morgan fingerprint density at radius 1 is 1.14 bits per heavy atom. The zero-order valence-electron chi connectivity index (χ0n) is 16.0. The molecule has 0 radical (unpaired) electrons. The molecule has 4 nitrogen and oxygen atoms in total. The number of aliphatic hydroxyl groups is 1. The molecule has 148 valence electrons. The highest BCUT2D eigenvalue weighted by atomic mass is 35.5. The van der Waals surface area contributed by atoms with E-state index < -0.39 is 6.10 Å². The Kier molecular flexibility index (Phi) is 6.00. The Morgan fingerprint density at radius 3 is 2.46 bits per heavy atom. The van der Waals surface area contributed by atoms with Gasteiger partial charge in [0.1, 0.15) is 6.10 Å². The van der Waals surface area contributed by atoms with Crippen molar-refractivity contribution < 1.29 is 9.90 Å². The van der Waals surface area contributed by atoms with Crippen LogP contribution in [0.1, 0.15) is 35.6 Å². The molecule has 0 spiro atoms. The van der Waals surface area contributed by atoms with E-state index in [2.05, 4.69) is 34.5 Å². The molecule has 0 bridgehead atoms. The van der Waals surface area contributed by atoms with Gasteiger partial charge in [-0.1, -0.05) is 48.0 Å². The molecule has 28 heavy (non-hydrogen) atoms. The van der Waals surface area contributed by atoms with Crippen molar-refractivity contribution in [2.24, 2.45) is 5.92 Å². The summed E-state index contributed by atoms with van der Waals surface area (Å²) in [5.74, 6) is 0.356. The minimum atomic E-state index is -0.774. The van der Waals surface area contributed by atoms with Gasteiger partial charge in [0.25, 0.3) is 0 Å². The van der Waals surface area contributed by atoms with Crippen LogP contribution in [0, 0.1) is 5.92 Å². The molecule has 2 aliphatic rings. The number of hydrogen-bond donors (Lipinski definition) is 2. The van der Waals surface area contributed by atoms with Crippen LogP contribution in [0.2, 0.25) is 5.02 Å². The molecule has 5 heteroatoms. The van der Waals surface area contributed by atoms with Crippen molar-refractivity contribution in [2.45, 2.75) is 37.8 Å². The van der Waals surface area contributed by atoms with Gasteiger partial charge in [-0.05, 0) is 67.1 Å². The predicted octanol–water partition coefficient (Wildman–Crippen LogP) is 3.37. The molecule has 1 amide bonds. The topological polar surface area (TPSA) is 52.6 Å². The summed E-state index contributed by atoms with van der Waals surface area (Å²) in [7, 11) is 0. The first-order chi connectivity index (χ1) is 13.6. The second-order valence-electron chi connectivity index (χ2n) is 8.08. The van der Waals surface area contributed by atoms with E-state index in [1.54, 1.807) is 12.1 Å². The Morgan fingerprint density at radius 2 is 1.86 bits per heavy atom. The number of carbonyl (C=O) groups is 1. The number of rotatable bonds is 7. The van der Waals surface area contributed by atoms with Crippen LogP contribution in [0.25, 0.3) is 0 Å². The molecule has 2 aromatic rings. The molecule has 1 aliphatic heterocycles. The Bertz CT molecular complexity index is 812. The highest BCUT2D eigenvalue weighted by Crippen LogP contribution is 2.29. The first-order valence-corrected chi connectivity index (χ1v) is 10.5. The summed E-state index contributed by atoms with van der Waals surface area (Å²) in [6.07, 6.45) is 2.81. The van der Waals surface area contributed by atoms with Gasteiger partial charge in [-0.2, -0.15) is 0 Å². The monoisotopic (exact) mass is 398 g/mol. The van der Waals surface area contributed by atoms with Crippen molar-refractivity contribution in [3.8, 4) is 0 Å². The fourth-order valence-corrected chi connectivity index (χ4v) is 4.51. The van der Waals surface area contributed by atoms with E-state index in [0.29, 0.717) is 23.9 Å². The largest absolute Gasteiger partial charge is 0.386 e. The number of nitrogens with zero attached hydrogens (tertiary/aromatic N) is 1. The zero-order valence-corrected chi connectivity index (χ0v) is 16.7. The van der Waals surface area contributed by atoms with Crippen molar-refractivity contribution in [3.05, 3.63) is 70.2 Å². The number of carbonyl (C=O) groups excluding carboxylic acids is 1. The summed E-state index contributed by atoms with van der Waals surface area (Å²) in [6.45, 7) is 2.70. The molecule has 2 atom stereocenters. The Balaban J connectivity index is 1.39. The number of amides is 1. The van der Waals surface area contributed by atoms with Crippen LogP contribution in [0.4, 0.5) is 0 Å². The van der Waals surface area contributed by atoms with Crippen molar-refractivity contribution in [1.29, 1.82) is 0 Å². The predicted molar refractivity (Wildman–Crippen MR) is 111 cm³/mol. The van der Waals surface area contributed by atoms with Gasteiger partial charge in [0, 0.05) is 18.0 Å². The minimum absolute atomic E-state index is 0.0180. The maximum atomic E-state index is 12.8. The standard InChI is InChI=1S/C23H27ClN2O2/c24-20-8-3-7-19(14-20)23(28)21(15-26-9-4-10-26)25-22(27)13-16-11-17-5-1-2-6-18(17)12-16/h1-3,5-8,14,16,21,23,28H,4,9-13,15H2,(H,25,27). The van der Waals surface area contributed by atoms with Crippen molar-refractivity contribution in [1.82, 2.24) is 10.2 Å². The molecule has 1 heterocycles. The van der Waals surface area contributed by atoms with Gasteiger partial charge in [-0.15, -0.1) is 0 Å². The lowest BCUT2D eigenvalue weighted by atomic mass is 9.98. The number of nitrogens with one attached hydrogen (secondary N) is 1. The fraction of sp³-hybridized carbons (Fsp3) is 0.435. The third-order valence-electron chi connectivity index (χ3n) is 5.93. The van der Waals surface area contributed by atoms with E-state index >= 15 is 0 Å². The molecule has 2 aromatic carbocycles. The van der Waals surface area contributed by atoms with Crippen LogP contribution < -0.4 is 5.32 Å². The normalized spacial score (nSPS) is 18.9. The van der Waals surface area contributed by atoms with Crippen molar-refractivity contribution in [2.75, 3.05) is 19.6 Å². The van der Waals surface area contributed by atoms with Crippen LogP contribution >= 0.6 is 11.6 Å². The molecule has 0 saturated carbocycles. The molecule has 4 rings (SSSR count). The fourth-order valence-electron chi connectivity index (χ4n) is 4.31. The first-order valence-electron chi connectivity index (χ1n) is 10.1. The summed E-state index contributed by atoms with van der Waals surface area (Å²) in [5, 5.41) is 14.6. The highest BCUT2D eigenvalue weighted by molar-refractivity contribution is 6.30. The van der Waals surface area contributed by atoms with Crippen LogP contribution in [-0.4, -0.2) is 41.6 Å². The average Bonchev–Trinajstić information content (AvgIpc) is 3.05. The molecule has 1 fully saturated rings. The number of benzene rings is 2. The molecular formula is C23H27ClN2O2. The van der Waals surface area contributed by atoms with Crippen LogP contribution in [0.15, 0.2) is 48.5 Å². The molecule has 2 unspecified atom stereocenters. The lowest BCUT2D eigenvalue weighted by Gasteiger charge is -2.36. The van der Waals surface area contributed by atoms with E-state index in [0.717, 1.165) is 31.5 Å². The average molecular weight is 399 g/mol. The molecule has 2 N–H and O–H groups in total. The molecule has 1 aliphatic carbocycles. The number of halogens is 1. The van der Waals surface area contributed by atoms with Gasteiger partial charge in [0.15, 0.2) is 0 Å². The van der Waals surface area contributed by atoms with Crippen LogP contribution in [-0.2, 0) is 17.6 Å². The van der Waals surface area contributed by atoms with Gasteiger partial charge in [0.05, 0.1) is 6.04 Å². The van der Waals surface area contributed by atoms with Gasteiger partial charge in [-0.25, -0.2) is 0 Å². The Hall–Kier alpha value is -1.88. The maximum Gasteiger partial charge on any atom is 0.220 e. The first kappa shape index (κ1) is 19.4. The molecular weight excluding hydrogens is 372 g/mol. The van der Waals surface area contributed by atoms with Gasteiger partial charge in [0.2, 0.25) is 5.91 Å². The Labute approximate surface area is 171 Å². The lowest BCUT2D eigenvalue weighted by Crippen LogP contribution is -2.51. The van der Waals surface area contributed by atoms with Crippen molar-refractivity contribution >= 4 is 17.5 Å². The molecule has 0 aromatic heterocycles. The second kappa shape index (κ2) is 8.64. The third-order valence-corrected chi connectivity index (χ3v) is 6.17. The molecule has 1 saturated heterocycles. The van der Waals surface area contributed by atoms with E-state index in [9.17, 15) is 9.90 Å². The highest BCUT2D eigenvalue weighted by Gasteiger charge is 2.29. The number of hydrogen-bond acceptors (Lipinski definition) is 3. The number of aliphatic hydroxyl groups excluding tert-OH is 1. The summed E-state index contributed by atoms with van der Waals surface area (Å²) in [6, 6.07) is 15.4. The summed E-state index contributed by atoms with van der Waals surface area (Å²) in [5.41, 5.74) is 3.46. The van der Waals surface area contributed by atoms with Crippen LogP contribution in [0.3, 0.4) is 0 Å². The number of likely N-dealkylation sites (tertiary alicyclic amines) is 1. The van der Waals surface area contributed by atoms with E-state index in [4.69, 9.17) is 11.6 Å². The van der Waals surface area contributed by atoms with Gasteiger partial charge < -0.3 is 15.3 Å².